The van der Waals surface area contributed by atoms with Gasteiger partial charge < -0.3 is 14.2 Å². The first-order chi connectivity index (χ1) is 13.1. The molecule has 3 aromatic rings. The lowest BCUT2D eigenvalue weighted by atomic mass is 10.0. The Morgan fingerprint density at radius 3 is 2.67 bits per heavy atom. The summed E-state index contributed by atoms with van der Waals surface area (Å²) in [7, 11) is 1.79. The average molecular weight is 362 g/mol. The Hall–Kier alpha value is -3.08. The van der Waals surface area contributed by atoms with Gasteiger partial charge >= 0.3 is 0 Å². The molecule has 0 saturated carbocycles. The number of rotatable bonds is 3. The third-order valence-electron chi connectivity index (χ3n) is 5.23. The van der Waals surface area contributed by atoms with Crippen LogP contribution in [-0.4, -0.2) is 37.0 Å². The van der Waals surface area contributed by atoms with Gasteiger partial charge in [-0.1, -0.05) is 30.3 Å². The van der Waals surface area contributed by atoms with Crippen LogP contribution in [0.4, 0.5) is 5.69 Å². The fourth-order valence-electron chi connectivity index (χ4n) is 3.69. The molecule has 5 heteroatoms. The number of anilines is 1. The first kappa shape index (κ1) is 17.3. The highest BCUT2D eigenvalue weighted by Crippen LogP contribution is 2.23. The summed E-state index contributed by atoms with van der Waals surface area (Å²) < 4.78 is 5.72. The van der Waals surface area contributed by atoms with Gasteiger partial charge in [0.25, 0.3) is 5.91 Å². The minimum absolute atomic E-state index is 0.0724. The van der Waals surface area contributed by atoms with Crippen LogP contribution in [-0.2, 0) is 0 Å². The zero-order valence-corrected chi connectivity index (χ0v) is 15.3. The van der Waals surface area contributed by atoms with Crippen LogP contribution in [0.1, 0.15) is 23.4 Å². The van der Waals surface area contributed by atoms with Crippen molar-refractivity contribution in [1.82, 2.24) is 4.90 Å². The second-order valence-electron chi connectivity index (χ2n) is 6.96. The first-order valence-corrected chi connectivity index (χ1v) is 9.23. The van der Waals surface area contributed by atoms with Crippen molar-refractivity contribution in [3.05, 3.63) is 76.6 Å². The van der Waals surface area contributed by atoms with Crippen LogP contribution in [0.3, 0.4) is 0 Å². The van der Waals surface area contributed by atoms with Crippen molar-refractivity contribution < 1.29 is 9.21 Å². The molecular formula is C22H22N2O3. The maximum Gasteiger partial charge on any atom is 0.289 e. The van der Waals surface area contributed by atoms with E-state index in [1.165, 1.54) is 11.8 Å². The molecule has 1 aliphatic rings. The highest BCUT2D eigenvalue weighted by atomic mass is 16.3. The molecular weight excluding hydrogens is 340 g/mol. The van der Waals surface area contributed by atoms with Gasteiger partial charge in [-0.3, -0.25) is 9.59 Å². The van der Waals surface area contributed by atoms with Crippen molar-refractivity contribution >= 4 is 22.6 Å². The maximum absolute atomic E-state index is 13.0. The van der Waals surface area contributed by atoms with Crippen molar-refractivity contribution in [3.8, 4) is 0 Å². The minimum Gasteiger partial charge on any atom is -0.451 e. The normalized spacial score (nSPS) is 17.1. The Morgan fingerprint density at radius 1 is 1.11 bits per heavy atom. The van der Waals surface area contributed by atoms with Crippen molar-refractivity contribution in [1.29, 1.82) is 0 Å². The number of carbonyl (C=O) groups is 1. The average Bonchev–Trinajstić information content (AvgIpc) is 2.73. The summed E-state index contributed by atoms with van der Waals surface area (Å²) in [5.41, 5.74) is 1.42. The number of likely N-dealkylation sites (N-methyl/N-ethyl adjacent to an activating group) is 1. The summed E-state index contributed by atoms with van der Waals surface area (Å²) in [6, 6.07) is 18.6. The minimum atomic E-state index is -0.252. The Morgan fingerprint density at radius 2 is 1.85 bits per heavy atom. The summed E-state index contributed by atoms with van der Waals surface area (Å²) in [6.45, 7) is 1.75. The number of amides is 1. The highest BCUT2D eigenvalue weighted by Gasteiger charge is 2.28. The van der Waals surface area contributed by atoms with Crippen molar-refractivity contribution in [2.24, 2.45) is 0 Å². The van der Waals surface area contributed by atoms with Gasteiger partial charge in [0.15, 0.2) is 11.2 Å². The van der Waals surface area contributed by atoms with Crippen LogP contribution in [0.5, 0.6) is 0 Å². The number of benzene rings is 2. The van der Waals surface area contributed by atoms with E-state index in [1.54, 1.807) is 36.2 Å². The molecule has 1 amide bonds. The number of piperidine rings is 1. The molecule has 1 unspecified atom stereocenters. The fourth-order valence-corrected chi connectivity index (χ4v) is 3.69. The first-order valence-electron chi connectivity index (χ1n) is 9.23. The van der Waals surface area contributed by atoms with Crippen LogP contribution < -0.4 is 10.3 Å². The lowest BCUT2D eigenvalue weighted by molar-refractivity contribution is 0.0686. The molecule has 27 heavy (non-hydrogen) atoms. The quantitative estimate of drug-likeness (QED) is 0.715. The maximum atomic E-state index is 13.0. The predicted octanol–water partition coefficient (Wildman–Crippen LogP) is 3.53. The van der Waals surface area contributed by atoms with E-state index in [0.717, 1.165) is 25.9 Å². The molecule has 1 aromatic heterocycles. The SMILES string of the molecule is CN(C(=O)c1cc(=O)c2ccccc2o1)C1CCCN(c2ccccc2)C1. The molecule has 1 atom stereocenters. The van der Waals surface area contributed by atoms with Gasteiger partial charge in [0.1, 0.15) is 5.58 Å². The van der Waals surface area contributed by atoms with Crippen LogP contribution in [0, 0.1) is 0 Å². The summed E-state index contributed by atoms with van der Waals surface area (Å²) in [6.07, 6.45) is 1.95. The molecule has 5 nitrogen and oxygen atoms in total. The smallest absolute Gasteiger partial charge is 0.289 e. The molecule has 0 radical (unpaired) electrons. The Labute approximate surface area is 157 Å². The topological polar surface area (TPSA) is 53.8 Å². The summed E-state index contributed by atoms with van der Waals surface area (Å²) in [5.74, 6) is -0.157. The van der Waals surface area contributed by atoms with Crippen molar-refractivity contribution in [3.63, 3.8) is 0 Å². The molecule has 4 rings (SSSR count). The Kier molecular flexibility index (Phi) is 4.67. The number of carbonyl (C=O) groups excluding carboxylic acids is 1. The number of nitrogens with zero attached hydrogens (tertiary/aromatic N) is 2. The lowest BCUT2D eigenvalue weighted by Gasteiger charge is -2.38. The second-order valence-corrected chi connectivity index (χ2v) is 6.96. The zero-order valence-electron chi connectivity index (χ0n) is 15.3. The summed E-state index contributed by atoms with van der Waals surface area (Å²) in [5, 5.41) is 0.490. The standard InChI is InChI=1S/C22H22N2O3/c1-23(17-10-7-13-24(15-17)16-8-3-2-4-9-16)22(26)21-14-19(25)18-11-5-6-12-20(18)27-21/h2-6,8-9,11-12,14,17H,7,10,13,15H2,1H3. The zero-order chi connectivity index (χ0) is 18.8. The van der Waals surface area contributed by atoms with E-state index in [0.29, 0.717) is 11.0 Å². The van der Waals surface area contributed by atoms with Crippen LogP contribution >= 0.6 is 0 Å². The molecule has 1 saturated heterocycles. The van der Waals surface area contributed by atoms with Crippen LogP contribution in [0.25, 0.3) is 11.0 Å². The van der Waals surface area contributed by atoms with Gasteiger partial charge in [0.05, 0.1) is 5.39 Å². The number of fused-ring (bicyclic) bond motifs is 1. The molecule has 2 heterocycles. The predicted molar refractivity (Wildman–Crippen MR) is 106 cm³/mol. The molecule has 138 valence electrons. The molecule has 0 N–H and O–H groups in total. The summed E-state index contributed by atoms with van der Waals surface area (Å²) in [4.78, 5) is 29.3. The van der Waals surface area contributed by atoms with E-state index >= 15 is 0 Å². The van der Waals surface area contributed by atoms with Gasteiger partial charge in [-0.15, -0.1) is 0 Å². The molecule has 0 spiro atoms. The van der Waals surface area contributed by atoms with E-state index < -0.39 is 0 Å². The van der Waals surface area contributed by atoms with Crippen LogP contribution in [0.15, 0.2) is 69.9 Å². The molecule has 1 aliphatic heterocycles. The Bertz CT molecular complexity index is 1010. The van der Waals surface area contributed by atoms with Gasteiger partial charge in [-0.2, -0.15) is 0 Å². The Balaban J connectivity index is 1.56. The van der Waals surface area contributed by atoms with Gasteiger partial charge in [0.2, 0.25) is 0 Å². The van der Waals surface area contributed by atoms with E-state index in [9.17, 15) is 9.59 Å². The van der Waals surface area contributed by atoms with E-state index in [1.807, 2.05) is 18.2 Å². The fraction of sp³-hybridized carbons (Fsp3) is 0.273. The number of para-hydroxylation sites is 2. The summed E-state index contributed by atoms with van der Waals surface area (Å²) >= 11 is 0. The second kappa shape index (κ2) is 7.27. The molecule has 0 aliphatic carbocycles. The largest absolute Gasteiger partial charge is 0.451 e. The third kappa shape index (κ3) is 3.45. The number of hydrogen-bond acceptors (Lipinski definition) is 4. The molecule has 0 bridgehead atoms. The van der Waals surface area contributed by atoms with E-state index in [-0.39, 0.29) is 23.1 Å². The highest BCUT2D eigenvalue weighted by molar-refractivity contribution is 5.93. The van der Waals surface area contributed by atoms with Crippen molar-refractivity contribution in [2.45, 2.75) is 18.9 Å². The van der Waals surface area contributed by atoms with Gasteiger partial charge in [0, 0.05) is 37.9 Å². The van der Waals surface area contributed by atoms with Crippen molar-refractivity contribution in [2.75, 3.05) is 25.0 Å². The van der Waals surface area contributed by atoms with E-state index in [4.69, 9.17) is 4.42 Å². The monoisotopic (exact) mass is 362 g/mol. The molecule has 1 fully saturated rings. The van der Waals surface area contributed by atoms with Gasteiger partial charge in [-0.25, -0.2) is 0 Å². The lowest BCUT2D eigenvalue weighted by Crippen LogP contribution is -2.48. The third-order valence-corrected chi connectivity index (χ3v) is 5.23. The van der Waals surface area contributed by atoms with E-state index in [2.05, 4.69) is 17.0 Å². The number of hydrogen-bond donors (Lipinski definition) is 0. The van der Waals surface area contributed by atoms with Gasteiger partial charge in [-0.05, 0) is 37.1 Å². The molecule has 2 aromatic carbocycles. The van der Waals surface area contributed by atoms with Crippen LogP contribution in [0.2, 0.25) is 0 Å².